The number of hydrogen-bond acceptors (Lipinski definition) is 2. The van der Waals surface area contributed by atoms with Gasteiger partial charge in [0, 0.05) is 16.7 Å². The van der Waals surface area contributed by atoms with Crippen molar-refractivity contribution in [2.24, 2.45) is 0 Å². The van der Waals surface area contributed by atoms with Crippen molar-refractivity contribution in [1.29, 1.82) is 0 Å². The maximum absolute atomic E-state index is 14.3. The van der Waals surface area contributed by atoms with E-state index in [1.807, 2.05) is 66.7 Å². The first kappa shape index (κ1) is 20.8. The zero-order valence-corrected chi connectivity index (χ0v) is 17.2. The highest BCUT2D eigenvalue weighted by atomic mass is 31.2. The summed E-state index contributed by atoms with van der Waals surface area (Å²) >= 11 is 0. The topological polar surface area (TPSA) is 66.4 Å². The minimum atomic E-state index is -3.14. The zero-order valence-electron chi connectivity index (χ0n) is 16.3. The minimum Gasteiger partial charge on any atom is -0.478 e. The van der Waals surface area contributed by atoms with Crippen molar-refractivity contribution in [3.8, 4) is 0 Å². The Morgan fingerprint density at radius 2 is 1.59 bits per heavy atom. The maximum atomic E-state index is 14.3. The third kappa shape index (κ3) is 4.56. The van der Waals surface area contributed by atoms with E-state index in [1.54, 1.807) is 25.1 Å². The number of nitrogens with one attached hydrogen (secondary N) is 1. The summed E-state index contributed by atoms with van der Waals surface area (Å²) in [4.78, 5) is 11.4. The summed E-state index contributed by atoms with van der Waals surface area (Å²) in [6.07, 6.45) is 2.33. The van der Waals surface area contributed by atoms with E-state index in [-0.39, 0.29) is 11.6 Å². The summed E-state index contributed by atoms with van der Waals surface area (Å²) in [5, 5.41) is 14.1. The van der Waals surface area contributed by atoms with Crippen LogP contribution in [-0.4, -0.2) is 11.1 Å². The molecular formula is C24H24NO3P. The van der Waals surface area contributed by atoms with Gasteiger partial charge in [-0.15, -0.1) is 6.58 Å². The molecule has 0 spiro atoms. The van der Waals surface area contributed by atoms with Crippen LogP contribution in [0.5, 0.6) is 0 Å². The van der Waals surface area contributed by atoms with E-state index in [9.17, 15) is 14.5 Å². The average Bonchev–Trinajstić information content (AvgIpc) is 2.74. The smallest absolute Gasteiger partial charge is 0.335 e. The van der Waals surface area contributed by atoms with E-state index in [0.717, 1.165) is 16.2 Å². The van der Waals surface area contributed by atoms with Gasteiger partial charge in [0.15, 0.2) is 0 Å². The second-order valence-electron chi connectivity index (χ2n) is 6.87. The molecule has 0 aliphatic rings. The van der Waals surface area contributed by atoms with Gasteiger partial charge in [0.2, 0.25) is 7.29 Å². The van der Waals surface area contributed by atoms with E-state index in [0.29, 0.717) is 12.0 Å². The number of aryl methyl sites for hydroxylation is 1. The van der Waals surface area contributed by atoms with Crippen LogP contribution in [0.4, 0.5) is 0 Å². The first-order valence-corrected chi connectivity index (χ1v) is 11.1. The third-order valence-corrected chi connectivity index (χ3v) is 7.59. The SMILES string of the molecule is C=CCC(NP(=O)(c1ccccc1)c1ccccc1)c1ccc(C(=O)O)c(C)c1. The molecule has 29 heavy (non-hydrogen) atoms. The molecule has 2 N–H and O–H groups in total. The monoisotopic (exact) mass is 405 g/mol. The molecule has 4 nitrogen and oxygen atoms in total. The van der Waals surface area contributed by atoms with Crippen molar-refractivity contribution in [2.75, 3.05) is 0 Å². The van der Waals surface area contributed by atoms with Crippen molar-refractivity contribution in [3.63, 3.8) is 0 Å². The van der Waals surface area contributed by atoms with Crippen LogP contribution in [0.2, 0.25) is 0 Å². The fourth-order valence-electron chi connectivity index (χ4n) is 3.37. The molecule has 3 aromatic rings. The molecular weight excluding hydrogens is 381 g/mol. The van der Waals surface area contributed by atoms with Gasteiger partial charge in [-0.3, -0.25) is 9.65 Å². The summed E-state index contributed by atoms with van der Waals surface area (Å²) in [5.41, 5.74) is 1.81. The van der Waals surface area contributed by atoms with Crippen LogP contribution < -0.4 is 15.7 Å². The first-order valence-electron chi connectivity index (χ1n) is 9.39. The van der Waals surface area contributed by atoms with Crippen molar-refractivity contribution in [1.82, 2.24) is 5.09 Å². The van der Waals surface area contributed by atoms with E-state index in [1.165, 1.54) is 0 Å². The van der Waals surface area contributed by atoms with Crippen LogP contribution in [0.15, 0.2) is 91.5 Å². The van der Waals surface area contributed by atoms with Crippen molar-refractivity contribution in [2.45, 2.75) is 19.4 Å². The number of carbonyl (C=O) groups is 1. The molecule has 0 heterocycles. The van der Waals surface area contributed by atoms with Gasteiger partial charge < -0.3 is 5.11 Å². The fourth-order valence-corrected chi connectivity index (χ4v) is 5.84. The number of benzene rings is 3. The lowest BCUT2D eigenvalue weighted by molar-refractivity contribution is 0.0696. The summed E-state index contributed by atoms with van der Waals surface area (Å²) in [7, 11) is -3.14. The summed E-state index contributed by atoms with van der Waals surface area (Å²) in [5.74, 6) is -0.957. The zero-order chi connectivity index (χ0) is 20.9. The van der Waals surface area contributed by atoms with Gasteiger partial charge in [0.05, 0.1) is 5.56 Å². The molecule has 0 radical (unpaired) electrons. The van der Waals surface area contributed by atoms with Gasteiger partial charge >= 0.3 is 5.97 Å². The Balaban J connectivity index is 2.07. The normalized spacial score (nSPS) is 12.3. The molecule has 0 fully saturated rings. The lowest BCUT2D eigenvalue weighted by Crippen LogP contribution is -2.30. The van der Waals surface area contributed by atoms with Crippen LogP contribution in [0.3, 0.4) is 0 Å². The minimum absolute atomic E-state index is 0.264. The molecule has 3 rings (SSSR count). The summed E-state index contributed by atoms with van der Waals surface area (Å²) in [6, 6.07) is 23.7. The second kappa shape index (κ2) is 9.04. The molecule has 0 aliphatic carbocycles. The molecule has 0 amide bonds. The van der Waals surface area contributed by atoms with Gasteiger partial charge in [-0.1, -0.05) is 54.6 Å². The predicted molar refractivity (Wildman–Crippen MR) is 119 cm³/mol. The average molecular weight is 405 g/mol. The number of carboxylic acids is 1. The molecule has 1 unspecified atom stereocenters. The lowest BCUT2D eigenvalue weighted by Gasteiger charge is -2.27. The molecule has 0 bridgehead atoms. The summed E-state index contributed by atoms with van der Waals surface area (Å²) in [6.45, 7) is 5.62. The van der Waals surface area contributed by atoms with E-state index in [2.05, 4.69) is 11.7 Å². The van der Waals surface area contributed by atoms with Gasteiger partial charge in [0.25, 0.3) is 0 Å². The predicted octanol–water partition coefficient (Wildman–Crippen LogP) is 4.83. The molecule has 148 valence electrons. The Bertz CT molecular complexity index is 1000. The Kier molecular flexibility index (Phi) is 6.48. The van der Waals surface area contributed by atoms with Gasteiger partial charge in [-0.2, -0.15) is 0 Å². The Morgan fingerprint density at radius 3 is 2.03 bits per heavy atom. The highest BCUT2D eigenvalue weighted by Crippen LogP contribution is 2.42. The Labute approximate surface area is 171 Å². The van der Waals surface area contributed by atoms with Gasteiger partial charge in [0.1, 0.15) is 0 Å². The van der Waals surface area contributed by atoms with E-state index in [4.69, 9.17) is 0 Å². The highest BCUT2D eigenvalue weighted by molar-refractivity contribution is 7.76. The molecule has 0 saturated carbocycles. The van der Waals surface area contributed by atoms with Crippen molar-refractivity contribution >= 4 is 23.9 Å². The maximum Gasteiger partial charge on any atom is 0.335 e. The largest absolute Gasteiger partial charge is 0.478 e. The molecule has 5 heteroatoms. The van der Waals surface area contributed by atoms with Gasteiger partial charge in [-0.25, -0.2) is 4.79 Å². The van der Waals surface area contributed by atoms with Crippen LogP contribution in [0.25, 0.3) is 0 Å². The standard InChI is InChI=1S/C24H24NO3P/c1-3-10-23(19-15-16-22(24(26)27)18(2)17-19)25-29(28,20-11-6-4-7-12-20)21-13-8-5-9-14-21/h3-9,11-17,23H,1,10H2,2H3,(H,25,28)(H,26,27). The van der Waals surface area contributed by atoms with E-state index < -0.39 is 13.3 Å². The van der Waals surface area contributed by atoms with Crippen molar-refractivity contribution in [3.05, 3.63) is 108 Å². The number of rotatable bonds is 8. The molecule has 3 aromatic carbocycles. The Morgan fingerprint density at radius 1 is 1.03 bits per heavy atom. The molecule has 1 atom stereocenters. The van der Waals surface area contributed by atoms with E-state index >= 15 is 0 Å². The second-order valence-corrected chi connectivity index (χ2v) is 9.38. The number of carboxylic acid groups (broad SMARTS) is 1. The van der Waals surface area contributed by atoms with Crippen LogP contribution >= 0.6 is 7.29 Å². The van der Waals surface area contributed by atoms with Crippen molar-refractivity contribution < 1.29 is 14.5 Å². The first-order chi connectivity index (χ1) is 14.0. The molecule has 0 aliphatic heterocycles. The summed E-state index contributed by atoms with van der Waals surface area (Å²) < 4.78 is 14.3. The van der Waals surface area contributed by atoms with Crippen LogP contribution in [-0.2, 0) is 4.57 Å². The number of aromatic carboxylic acids is 1. The molecule has 0 saturated heterocycles. The van der Waals surface area contributed by atoms with Crippen LogP contribution in [0.1, 0.15) is 33.9 Å². The number of hydrogen-bond donors (Lipinski definition) is 2. The van der Waals surface area contributed by atoms with Gasteiger partial charge in [-0.05, 0) is 54.8 Å². The quantitative estimate of drug-likeness (QED) is 0.416. The Hall–Kier alpha value is -2.94. The van der Waals surface area contributed by atoms with Crippen LogP contribution in [0, 0.1) is 6.92 Å². The lowest BCUT2D eigenvalue weighted by atomic mass is 9.99. The fraction of sp³-hybridized carbons (Fsp3) is 0.125. The third-order valence-electron chi connectivity index (χ3n) is 4.86. The molecule has 0 aromatic heterocycles. The highest BCUT2D eigenvalue weighted by Gasteiger charge is 2.30.